The molecule has 1 fully saturated rings. The van der Waals surface area contributed by atoms with Gasteiger partial charge in [0.2, 0.25) is 0 Å². The first kappa shape index (κ1) is 18.8. The van der Waals surface area contributed by atoms with Gasteiger partial charge in [-0.15, -0.1) is 0 Å². The Labute approximate surface area is 156 Å². The smallest absolute Gasteiger partial charge is 0.266 e. The summed E-state index contributed by atoms with van der Waals surface area (Å²) in [5.74, 6) is 0.911. The van der Waals surface area contributed by atoms with E-state index in [0.717, 1.165) is 5.56 Å². The molecule has 0 unspecified atom stereocenters. The first-order valence-corrected chi connectivity index (χ1v) is 9.07. The monoisotopic (exact) mass is 383 g/mol. The normalized spacial score (nSPS) is 16.0. The third-order valence-corrected chi connectivity index (χ3v) is 4.82. The van der Waals surface area contributed by atoms with Crippen LogP contribution in [-0.2, 0) is 4.79 Å². The molecule has 4 nitrogen and oxygen atoms in total. The van der Waals surface area contributed by atoms with Crippen LogP contribution in [0.3, 0.4) is 0 Å². The number of nitrogens with zero attached hydrogens (tertiary/aromatic N) is 1. The molecule has 0 aromatic heterocycles. The third-order valence-electron chi connectivity index (χ3n) is 3.16. The van der Waals surface area contributed by atoms with Crippen molar-refractivity contribution >= 4 is 51.9 Å². The summed E-state index contributed by atoms with van der Waals surface area (Å²) in [7, 11) is 0. The molecule has 0 N–H and O–H groups in total. The Morgan fingerprint density at radius 1 is 1.38 bits per heavy atom. The van der Waals surface area contributed by atoms with Crippen LogP contribution < -0.4 is 9.47 Å². The summed E-state index contributed by atoms with van der Waals surface area (Å²) in [6.45, 7) is 8.75. The standard InChI is InChI=1S/C17H18ClNO3S2/c1-4-7-22-15-12(18)8-11(9-13(15)21-6-3)10-14-16(20)19(5-2)17(23)24-14/h4,8-10H,1,5-7H2,2-3H3. The first-order valence-electron chi connectivity index (χ1n) is 7.47. The van der Waals surface area contributed by atoms with Gasteiger partial charge in [-0.2, -0.15) is 0 Å². The zero-order chi connectivity index (χ0) is 17.7. The number of carbonyl (C=O) groups is 1. The molecule has 128 valence electrons. The largest absolute Gasteiger partial charge is 0.490 e. The average Bonchev–Trinajstić information content (AvgIpc) is 2.80. The molecule has 1 heterocycles. The second-order valence-corrected chi connectivity index (χ2v) is 6.87. The highest BCUT2D eigenvalue weighted by molar-refractivity contribution is 8.26. The number of rotatable bonds is 7. The molecule has 0 spiro atoms. The number of benzene rings is 1. The molecular weight excluding hydrogens is 366 g/mol. The van der Waals surface area contributed by atoms with Crippen molar-refractivity contribution in [2.24, 2.45) is 0 Å². The zero-order valence-corrected chi connectivity index (χ0v) is 15.9. The number of hydrogen-bond donors (Lipinski definition) is 0. The van der Waals surface area contributed by atoms with E-state index in [-0.39, 0.29) is 5.91 Å². The van der Waals surface area contributed by atoms with Crippen molar-refractivity contribution in [2.45, 2.75) is 13.8 Å². The van der Waals surface area contributed by atoms with E-state index in [9.17, 15) is 4.79 Å². The van der Waals surface area contributed by atoms with Gasteiger partial charge in [-0.05, 0) is 37.6 Å². The van der Waals surface area contributed by atoms with Crippen LogP contribution in [0.15, 0.2) is 29.7 Å². The van der Waals surface area contributed by atoms with Crippen molar-refractivity contribution in [3.8, 4) is 11.5 Å². The van der Waals surface area contributed by atoms with Gasteiger partial charge < -0.3 is 9.47 Å². The molecule has 1 saturated heterocycles. The van der Waals surface area contributed by atoms with Gasteiger partial charge in [0.25, 0.3) is 5.91 Å². The highest BCUT2D eigenvalue weighted by Gasteiger charge is 2.30. The molecule has 0 bridgehead atoms. The Kier molecular flexibility index (Phi) is 6.71. The minimum absolute atomic E-state index is 0.0893. The van der Waals surface area contributed by atoms with Crippen molar-refractivity contribution in [2.75, 3.05) is 19.8 Å². The van der Waals surface area contributed by atoms with Crippen LogP contribution in [0.25, 0.3) is 6.08 Å². The summed E-state index contributed by atoms with van der Waals surface area (Å²) >= 11 is 12.8. The third kappa shape index (κ3) is 4.12. The lowest BCUT2D eigenvalue weighted by molar-refractivity contribution is -0.121. The van der Waals surface area contributed by atoms with Crippen LogP contribution in [0.5, 0.6) is 11.5 Å². The Morgan fingerprint density at radius 3 is 2.71 bits per heavy atom. The summed E-state index contributed by atoms with van der Waals surface area (Å²) in [5.41, 5.74) is 0.756. The molecular formula is C17H18ClNO3S2. The van der Waals surface area contributed by atoms with Crippen LogP contribution in [-0.4, -0.2) is 34.9 Å². The highest BCUT2D eigenvalue weighted by Crippen LogP contribution is 2.39. The van der Waals surface area contributed by atoms with Crippen molar-refractivity contribution in [1.29, 1.82) is 0 Å². The summed E-state index contributed by atoms with van der Waals surface area (Å²) in [5, 5.41) is 0.417. The van der Waals surface area contributed by atoms with Crippen molar-refractivity contribution in [1.82, 2.24) is 4.90 Å². The van der Waals surface area contributed by atoms with Gasteiger partial charge in [0, 0.05) is 6.54 Å². The van der Waals surface area contributed by atoms with E-state index in [1.165, 1.54) is 11.8 Å². The van der Waals surface area contributed by atoms with E-state index in [0.29, 0.717) is 45.5 Å². The van der Waals surface area contributed by atoms with Gasteiger partial charge in [0.1, 0.15) is 10.9 Å². The van der Waals surface area contributed by atoms with E-state index in [2.05, 4.69) is 6.58 Å². The van der Waals surface area contributed by atoms with Crippen molar-refractivity contribution < 1.29 is 14.3 Å². The van der Waals surface area contributed by atoms with Crippen LogP contribution in [0.1, 0.15) is 19.4 Å². The lowest BCUT2D eigenvalue weighted by Crippen LogP contribution is -2.27. The van der Waals surface area contributed by atoms with Gasteiger partial charge in [-0.3, -0.25) is 9.69 Å². The molecule has 0 radical (unpaired) electrons. The second kappa shape index (κ2) is 8.55. The predicted molar refractivity (Wildman–Crippen MR) is 104 cm³/mol. The number of amides is 1. The molecule has 0 atom stereocenters. The number of halogens is 1. The molecule has 1 aromatic rings. The van der Waals surface area contributed by atoms with E-state index in [1.54, 1.807) is 29.2 Å². The number of carbonyl (C=O) groups excluding carboxylic acids is 1. The summed E-state index contributed by atoms with van der Waals surface area (Å²) in [4.78, 5) is 14.4. The van der Waals surface area contributed by atoms with E-state index < -0.39 is 0 Å². The number of ether oxygens (including phenoxy) is 2. The minimum atomic E-state index is -0.0893. The molecule has 0 aliphatic carbocycles. The van der Waals surface area contributed by atoms with Crippen LogP contribution in [0, 0.1) is 0 Å². The van der Waals surface area contributed by atoms with Gasteiger partial charge in [-0.25, -0.2) is 0 Å². The number of likely N-dealkylation sites (N-methyl/N-ethyl adjacent to an activating group) is 1. The molecule has 24 heavy (non-hydrogen) atoms. The van der Waals surface area contributed by atoms with E-state index >= 15 is 0 Å². The zero-order valence-electron chi connectivity index (χ0n) is 13.5. The second-order valence-electron chi connectivity index (χ2n) is 4.79. The quantitative estimate of drug-likeness (QED) is 0.393. The van der Waals surface area contributed by atoms with Gasteiger partial charge >= 0.3 is 0 Å². The topological polar surface area (TPSA) is 38.8 Å². The Balaban J connectivity index is 2.38. The fourth-order valence-corrected chi connectivity index (χ4v) is 3.80. The molecule has 1 aliphatic heterocycles. The fourth-order valence-electron chi connectivity index (χ4n) is 2.14. The Morgan fingerprint density at radius 2 is 2.12 bits per heavy atom. The highest BCUT2D eigenvalue weighted by atomic mass is 35.5. The molecule has 1 aromatic carbocycles. The fraction of sp³-hybridized carbons (Fsp3) is 0.294. The Bertz CT molecular complexity index is 703. The number of thioether (sulfide) groups is 1. The summed E-state index contributed by atoms with van der Waals surface area (Å²) in [6, 6.07) is 3.54. The van der Waals surface area contributed by atoms with Crippen molar-refractivity contribution in [3.63, 3.8) is 0 Å². The SMILES string of the molecule is C=CCOc1c(Cl)cc(C=C2SC(=S)N(CC)C2=O)cc1OCC. The van der Waals surface area contributed by atoms with E-state index in [4.69, 9.17) is 33.3 Å². The Hall–Kier alpha value is -1.50. The first-order chi connectivity index (χ1) is 11.5. The molecule has 1 aliphatic rings. The predicted octanol–water partition coefficient (Wildman–Crippen LogP) is 4.52. The lowest BCUT2D eigenvalue weighted by atomic mass is 10.1. The maximum Gasteiger partial charge on any atom is 0.266 e. The molecule has 7 heteroatoms. The van der Waals surface area contributed by atoms with Gasteiger partial charge in [0.15, 0.2) is 11.5 Å². The minimum Gasteiger partial charge on any atom is -0.490 e. The van der Waals surface area contributed by atoms with E-state index in [1.807, 2.05) is 13.8 Å². The van der Waals surface area contributed by atoms with Crippen molar-refractivity contribution in [3.05, 3.63) is 40.3 Å². The maximum absolute atomic E-state index is 12.3. The summed E-state index contributed by atoms with van der Waals surface area (Å²) < 4.78 is 11.7. The van der Waals surface area contributed by atoms with Gasteiger partial charge in [0.05, 0.1) is 16.5 Å². The van der Waals surface area contributed by atoms with Gasteiger partial charge in [-0.1, -0.05) is 48.2 Å². The lowest BCUT2D eigenvalue weighted by Gasteiger charge is -2.13. The molecule has 2 rings (SSSR count). The average molecular weight is 384 g/mol. The van der Waals surface area contributed by atoms with Crippen LogP contribution in [0.2, 0.25) is 5.02 Å². The number of hydrogen-bond acceptors (Lipinski definition) is 5. The number of thiocarbonyl (C=S) groups is 1. The summed E-state index contributed by atoms with van der Waals surface area (Å²) in [6.07, 6.45) is 3.40. The maximum atomic E-state index is 12.3. The molecule has 0 saturated carbocycles. The van der Waals surface area contributed by atoms with Crippen LogP contribution >= 0.6 is 35.6 Å². The van der Waals surface area contributed by atoms with Crippen LogP contribution in [0.4, 0.5) is 0 Å². The molecule has 1 amide bonds.